The topological polar surface area (TPSA) is 459 Å². The SMILES string of the molecule is CN1C(=O)[C@@H](N)COc2cccnc21.CN1C(=O)[C@@H](NC(=O)c2ncn(Cc3cccc(C#N)c3)n2)COc2cccnc21.COC(=O)c1ncn(Cc2cccc(C#N)c2)n1.COC(=O)c1ncn[nH]1.Cl.N#Cc1cccc(CBr)c1.N#Cc1cccc(Cn2cnc(C(=O)O)n2)c1. The fraction of sp³-hybridized carbons (Fsp3) is 0.188. The second kappa shape index (κ2) is 37.7. The summed E-state index contributed by atoms with van der Waals surface area (Å²) < 4.78 is 24.2. The Morgan fingerprint density at radius 1 is 0.596 bits per heavy atom. The molecule has 12 rings (SSSR count). The molecular formula is C64H58BrClN22O11. The summed E-state index contributed by atoms with van der Waals surface area (Å²) in [5.74, 6) is -1.55. The van der Waals surface area contributed by atoms with E-state index in [4.69, 9.17) is 41.4 Å². The quantitative estimate of drug-likeness (QED) is 0.0937. The Balaban J connectivity index is 0.000000196. The minimum absolute atomic E-state index is 0. The molecular weight excluding hydrogens is 1370 g/mol. The summed E-state index contributed by atoms with van der Waals surface area (Å²) in [5.41, 5.74) is 11.8. The Morgan fingerprint density at radius 2 is 1.02 bits per heavy atom. The predicted molar refractivity (Wildman–Crippen MR) is 353 cm³/mol. The first-order chi connectivity index (χ1) is 47.4. The molecule has 35 heteroatoms. The number of carbonyl (C=O) groups is 6. The van der Waals surface area contributed by atoms with E-state index in [9.17, 15) is 28.8 Å². The molecule has 0 fully saturated rings. The summed E-state index contributed by atoms with van der Waals surface area (Å²) >= 11 is 3.31. The molecule has 0 bridgehead atoms. The summed E-state index contributed by atoms with van der Waals surface area (Å²) in [7, 11) is 5.78. The summed E-state index contributed by atoms with van der Waals surface area (Å²) in [4.78, 5) is 95.2. The van der Waals surface area contributed by atoms with Crippen molar-refractivity contribution in [2.24, 2.45) is 5.73 Å². The number of amides is 3. The van der Waals surface area contributed by atoms with Crippen molar-refractivity contribution >= 4 is 75.6 Å². The number of carboxylic acids is 1. The van der Waals surface area contributed by atoms with Crippen LogP contribution in [0.2, 0.25) is 0 Å². The fourth-order valence-electron chi connectivity index (χ4n) is 8.41. The molecule has 6 aromatic heterocycles. The van der Waals surface area contributed by atoms with Crippen LogP contribution in [0.3, 0.4) is 0 Å². The molecule has 99 heavy (non-hydrogen) atoms. The lowest BCUT2D eigenvalue weighted by Crippen LogP contribution is -2.49. The molecule has 504 valence electrons. The van der Waals surface area contributed by atoms with Crippen molar-refractivity contribution in [3.63, 3.8) is 0 Å². The number of nitrogens with zero attached hydrogens (tertiary/aromatic N) is 19. The van der Waals surface area contributed by atoms with Crippen LogP contribution in [-0.4, -0.2) is 164 Å². The smallest absolute Gasteiger partial charge is 0.377 e. The van der Waals surface area contributed by atoms with Gasteiger partial charge in [-0.2, -0.15) is 26.1 Å². The molecule has 4 aromatic carbocycles. The maximum atomic E-state index is 12.7. The second-order valence-corrected chi connectivity index (χ2v) is 20.6. The standard InChI is InChI=1S/C20H17N7O3.C12H10N4O2.C11H8N4O2.C9H11N3O2.C8H6BrN.C4H5N3O2.ClH/c1-26-18-16(6-3-7-22-18)30-11-15(20(26)29)24-19(28)17-23-12-27(25-17)10-14-5-2-4-13(8-14)9-21;1-18-12(17)11-14-8-16(15-11)7-10-4-2-3-9(5-10)6-13;12-5-8-2-1-3-9(4-8)6-15-7-13-10(14-15)11(16)17;1-12-8-7(3-2-4-11-8)14-5-6(10)9(12)13;9-5-7-2-1-3-8(4-7)6-10;1-9-4(8)3-5-2-6-7-3;/h2-8,12,15H,10-11H2,1H3,(H,24,28);2-5,8H,7H2,1H3;1-4,7H,6H2,(H,16,17);2-4,6H,5,10H2,1H3;1-4H,5H2;2H,1H3,(H,5,6,7);1H/t15-;;;6-;;;/m0..0.../s1. The second-order valence-electron chi connectivity index (χ2n) is 20.0. The van der Waals surface area contributed by atoms with Crippen molar-refractivity contribution in [3.05, 3.63) is 227 Å². The number of hydrogen-bond acceptors (Lipinski definition) is 25. The van der Waals surface area contributed by atoms with Gasteiger partial charge in [-0.05, 0) is 95.1 Å². The largest absolute Gasteiger partial charge is 0.488 e. The number of carbonyl (C=O) groups excluding carboxylic acids is 5. The van der Waals surface area contributed by atoms with Gasteiger partial charge >= 0.3 is 17.9 Å². The number of esters is 2. The van der Waals surface area contributed by atoms with Gasteiger partial charge in [0.15, 0.2) is 23.1 Å². The number of hydrogen-bond donors (Lipinski definition) is 4. The van der Waals surface area contributed by atoms with Crippen LogP contribution < -0.4 is 30.3 Å². The predicted octanol–water partition coefficient (Wildman–Crippen LogP) is 4.86. The molecule has 0 aliphatic carbocycles. The van der Waals surface area contributed by atoms with Gasteiger partial charge in [0.25, 0.3) is 23.5 Å². The van der Waals surface area contributed by atoms with Gasteiger partial charge in [0, 0.05) is 31.8 Å². The Morgan fingerprint density at radius 3 is 1.45 bits per heavy atom. The third-order valence-electron chi connectivity index (χ3n) is 13.1. The number of nitrogens with two attached hydrogens (primary N) is 1. The summed E-state index contributed by atoms with van der Waals surface area (Å²) in [6.07, 6.45) is 8.64. The highest BCUT2D eigenvalue weighted by molar-refractivity contribution is 9.08. The number of alkyl halides is 1. The van der Waals surface area contributed by atoms with Crippen molar-refractivity contribution in [3.8, 4) is 35.8 Å². The molecule has 0 saturated carbocycles. The van der Waals surface area contributed by atoms with Crippen LogP contribution in [0.5, 0.6) is 11.5 Å². The zero-order valence-electron chi connectivity index (χ0n) is 52.8. The molecule has 2 aliphatic heterocycles. The third-order valence-corrected chi connectivity index (χ3v) is 13.8. The lowest BCUT2D eigenvalue weighted by Gasteiger charge is -2.18. The van der Waals surface area contributed by atoms with Crippen molar-refractivity contribution in [1.29, 1.82) is 21.0 Å². The van der Waals surface area contributed by atoms with E-state index >= 15 is 0 Å². The maximum Gasteiger partial charge on any atom is 0.377 e. The minimum atomic E-state index is -1.16. The van der Waals surface area contributed by atoms with E-state index in [1.165, 1.54) is 63.4 Å². The maximum absolute atomic E-state index is 12.7. The van der Waals surface area contributed by atoms with Crippen LogP contribution in [0.4, 0.5) is 11.6 Å². The van der Waals surface area contributed by atoms with Crippen LogP contribution in [0.25, 0.3) is 0 Å². The highest BCUT2D eigenvalue weighted by Gasteiger charge is 2.32. The fourth-order valence-corrected chi connectivity index (χ4v) is 8.76. The Kier molecular flexibility index (Phi) is 28.5. The zero-order chi connectivity index (χ0) is 70.5. The van der Waals surface area contributed by atoms with Crippen LogP contribution in [0.1, 0.15) is 87.0 Å². The Bertz CT molecular complexity index is 4600. The zero-order valence-corrected chi connectivity index (χ0v) is 55.2. The van der Waals surface area contributed by atoms with Gasteiger partial charge in [-0.1, -0.05) is 64.5 Å². The Labute approximate surface area is 578 Å². The number of nitrogens with one attached hydrogen (secondary N) is 2. The molecule has 2 atom stereocenters. The van der Waals surface area contributed by atoms with E-state index < -0.39 is 35.9 Å². The molecule has 10 aromatic rings. The number of aromatic nitrogens is 14. The van der Waals surface area contributed by atoms with Gasteiger partial charge < -0.3 is 35.1 Å². The van der Waals surface area contributed by atoms with Crippen LogP contribution in [-0.2, 0) is 44.0 Å². The van der Waals surface area contributed by atoms with E-state index in [0.29, 0.717) is 59.5 Å². The molecule has 5 N–H and O–H groups in total. The van der Waals surface area contributed by atoms with Gasteiger partial charge in [0.2, 0.25) is 17.6 Å². The molecule has 2 aliphatic rings. The highest BCUT2D eigenvalue weighted by Crippen LogP contribution is 2.28. The van der Waals surface area contributed by atoms with Gasteiger partial charge in [-0.15, -0.1) is 27.7 Å². The normalized spacial score (nSPS) is 12.9. The van der Waals surface area contributed by atoms with Crippen molar-refractivity contribution in [2.45, 2.75) is 37.0 Å². The molecule has 8 heterocycles. The number of fused-ring (bicyclic) bond motifs is 2. The summed E-state index contributed by atoms with van der Waals surface area (Å²) in [6, 6.07) is 42.5. The number of ether oxygens (including phenoxy) is 4. The lowest BCUT2D eigenvalue weighted by molar-refractivity contribution is -0.121. The first kappa shape index (κ1) is 74.9. The van der Waals surface area contributed by atoms with Crippen molar-refractivity contribution in [2.75, 3.05) is 51.3 Å². The number of rotatable bonds is 12. The van der Waals surface area contributed by atoms with E-state index in [-0.39, 0.29) is 60.7 Å². The van der Waals surface area contributed by atoms with Gasteiger partial charge in [-0.25, -0.2) is 58.3 Å². The highest BCUT2D eigenvalue weighted by atomic mass is 79.9. The van der Waals surface area contributed by atoms with Gasteiger partial charge in [0.1, 0.15) is 50.6 Å². The lowest BCUT2D eigenvalue weighted by atomic mass is 10.1. The Hall–Kier alpha value is -13.2. The third kappa shape index (κ3) is 22.0. The number of benzene rings is 4. The number of aromatic amines is 1. The number of carboxylic acid groups (broad SMARTS) is 1. The molecule has 3 amide bonds. The number of methoxy groups -OCH3 is 2. The van der Waals surface area contributed by atoms with Crippen molar-refractivity contribution < 1.29 is 52.8 Å². The molecule has 0 unspecified atom stereocenters. The number of pyridine rings is 2. The summed E-state index contributed by atoms with van der Waals surface area (Å²) in [6.45, 7) is 1.34. The van der Waals surface area contributed by atoms with E-state index in [1.807, 2.05) is 42.5 Å². The van der Waals surface area contributed by atoms with E-state index in [1.54, 1.807) is 111 Å². The number of aromatic carboxylic acids is 1. The van der Waals surface area contributed by atoms with Crippen LogP contribution in [0.15, 0.2) is 159 Å². The number of halogens is 2. The van der Waals surface area contributed by atoms with E-state index in [0.717, 1.165) is 33.1 Å². The first-order valence-electron chi connectivity index (χ1n) is 28.6. The van der Waals surface area contributed by atoms with E-state index in [2.05, 4.69) is 104 Å². The van der Waals surface area contributed by atoms with Gasteiger partial charge in [0.05, 0.1) is 80.4 Å². The molecule has 0 saturated heterocycles. The summed E-state index contributed by atoms with van der Waals surface area (Å²) in [5, 5.41) is 64.9. The number of anilines is 2. The number of nitriles is 4. The monoisotopic (exact) mass is 1420 g/mol. The number of likely N-dealkylation sites (N-methyl/N-ethyl adjacent to an activating group) is 2. The average molecular weight is 1430 g/mol. The van der Waals surface area contributed by atoms with Crippen LogP contribution in [0, 0.1) is 45.3 Å². The molecule has 0 radical (unpaired) electrons. The molecule has 33 nitrogen and oxygen atoms in total. The van der Waals surface area contributed by atoms with Crippen molar-refractivity contribution in [1.82, 2.24) is 74.8 Å². The van der Waals surface area contributed by atoms with Crippen LogP contribution >= 0.6 is 28.3 Å². The minimum Gasteiger partial charge on any atom is -0.488 e. The molecule has 0 spiro atoms. The first-order valence-corrected chi connectivity index (χ1v) is 29.7. The average Bonchev–Trinajstić information content (AvgIpc) is 1.61. The van der Waals surface area contributed by atoms with Gasteiger partial charge in [-0.3, -0.25) is 29.3 Å². The number of H-pyrrole nitrogens is 1.